The van der Waals surface area contributed by atoms with Crippen molar-refractivity contribution in [2.24, 2.45) is 0 Å². The summed E-state index contributed by atoms with van der Waals surface area (Å²) in [6.45, 7) is 15.4. The molecule has 12 rings (SSSR count). The Hall–Kier alpha value is -6.66. The van der Waals surface area contributed by atoms with E-state index in [9.17, 15) is 0 Å². The number of benzene rings is 6. The third kappa shape index (κ3) is 18.6. The Balaban J connectivity index is 0.871. The molecule has 8 bridgehead atoms. The van der Waals surface area contributed by atoms with Gasteiger partial charge < -0.3 is 46.9 Å². The van der Waals surface area contributed by atoms with Crippen molar-refractivity contribution < 1.29 is 56.5 Å². The molecule has 2 fully saturated rings. The summed E-state index contributed by atoms with van der Waals surface area (Å²) in [5.74, 6) is 2.61. The zero-order valence-electron chi connectivity index (χ0n) is 65.5. The van der Waals surface area contributed by atoms with Gasteiger partial charge in [0.15, 0.2) is 11.3 Å². The molecule has 0 aliphatic carbocycles. The van der Waals surface area contributed by atoms with Gasteiger partial charge in [-0.05, 0) is 71.5 Å². The molecule has 0 aromatic heterocycles. The fraction of sp³-hybridized carbons (Fsp3) is 0.622. The largest absolute Gasteiger partial charge is 0.491 e. The lowest BCUT2D eigenvalue weighted by Crippen LogP contribution is -2.63. The lowest BCUT2D eigenvalue weighted by molar-refractivity contribution is -0.910. The number of carbonyl (C=O) groups is 2. The van der Waals surface area contributed by atoms with Gasteiger partial charge in [0.05, 0.1) is 106 Å². The number of nitrogens with zero attached hydrogens (tertiary/aromatic N) is 6. The van der Waals surface area contributed by atoms with Crippen LogP contribution in [0.5, 0.6) is 23.0 Å². The van der Waals surface area contributed by atoms with Crippen molar-refractivity contribution in [2.75, 3.05) is 133 Å². The van der Waals surface area contributed by atoms with Crippen LogP contribution >= 0.6 is 0 Å². The van der Waals surface area contributed by atoms with Gasteiger partial charge in [-0.2, -0.15) is 0 Å². The maximum Gasteiger partial charge on any atom is 0.325 e. The molecule has 0 N–H and O–H groups in total. The highest BCUT2D eigenvalue weighted by Crippen LogP contribution is 2.66. The summed E-state index contributed by atoms with van der Waals surface area (Å²) in [5, 5.41) is 3.71. The summed E-state index contributed by atoms with van der Waals surface area (Å²) in [5.41, 5.74) is 1.90. The Bertz CT molecular complexity index is 3320. The number of amides is 4. The van der Waals surface area contributed by atoms with Gasteiger partial charge in [-0.25, -0.2) is 9.59 Å². The molecule has 6 aliphatic rings. The van der Waals surface area contributed by atoms with Gasteiger partial charge in [0, 0.05) is 33.4 Å². The van der Waals surface area contributed by atoms with Crippen molar-refractivity contribution in [2.45, 2.75) is 231 Å². The highest BCUT2D eigenvalue weighted by atomic mass is 16.5. The van der Waals surface area contributed by atoms with Crippen molar-refractivity contribution in [3.8, 4) is 23.0 Å². The number of urea groups is 2. The zero-order valence-corrected chi connectivity index (χ0v) is 65.5. The SMILES string of the molecule is CCCCCCCCCCCCCCCC[N+]1(C)CCOCCOc2ccc3ccc4c5c3c2CN2C(=O)N3Cc6c(ccc7ccc(c(c67)CN6C(=O)N(C5)C2(c2ccccc2)C36c2ccccc2)OCCOCC[N+](C)(CCCCCCCCCCCCCCCC)CCOCCO4)OCCOCC1. The van der Waals surface area contributed by atoms with Crippen LogP contribution in [-0.2, 0) is 56.5 Å². The van der Waals surface area contributed by atoms with Gasteiger partial charge in [0.1, 0.15) is 75.6 Å². The minimum Gasteiger partial charge on any atom is -0.491 e. The van der Waals surface area contributed by atoms with E-state index in [0.29, 0.717) is 102 Å². The number of carbonyl (C=O) groups excluding carboxylic acids is 2. The fourth-order valence-electron chi connectivity index (χ4n) is 18.3. The molecule has 2 saturated heterocycles. The standard InChI is InChI=1S/C90H130N6O10/c1-5-7-9-11-13-15-17-19-21-23-25-27-29-37-51-95(3)53-57-99-61-65-103-81-47-43-73-45-49-83-79-71-93-88(98)94-72-80-84(106-68-64-102-60-56-96(4,55-59-101-63-67-105-83)52-38-30-28-26-24-22-20-18-16-14-12-10-8-6-2)50-46-74-44-48-82(104-66-62-100-58-54-95)78(86(74)80)70-92-87(97)91(69-77(81)85(73)79)89(93,75-39-33-31-34-40-75)90(92,94)76-41-35-32-36-42-76/h31-36,39-50H,5-30,37-38,51-72H2,1-4H3/q+2. The van der Waals surface area contributed by atoms with Crippen LogP contribution < -0.4 is 18.9 Å². The molecular weight excluding hydrogens is 1330 g/mol. The first-order valence-electron chi connectivity index (χ1n) is 42.1. The first kappa shape index (κ1) is 78.9. The number of quaternary nitrogens is 2. The van der Waals surface area contributed by atoms with Crippen LogP contribution in [0.3, 0.4) is 0 Å². The van der Waals surface area contributed by atoms with E-state index >= 15 is 9.59 Å². The smallest absolute Gasteiger partial charge is 0.325 e. The predicted molar refractivity (Wildman–Crippen MR) is 425 cm³/mol. The lowest BCUT2D eigenvalue weighted by atomic mass is 9.77. The van der Waals surface area contributed by atoms with Crippen molar-refractivity contribution in [3.05, 3.63) is 143 Å². The highest BCUT2D eigenvalue weighted by Gasteiger charge is 2.80. The Morgan fingerprint density at radius 1 is 0.302 bits per heavy atom. The highest BCUT2D eigenvalue weighted by molar-refractivity contribution is 5.98. The Morgan fingerprint density at radius 3 is 0.802 bits per heavy atom. The minimum atomic E-state index is -1.52. The molecule has 6 heterocycles. The van der Waals surface area contributed by atoms with E-state index in [0.717, 1.165) is 116 Å². The van der Waals surface area contributed by atoms with Crippen molar-refractivity contribution in [3.63, 3.8) is 0 Å². The van der Waals surface area contributed by atoms with Gasteiger partial charge in [-0.3, -0.25) is 19.6 Å². The molecule has 0 radical (unpaired) electrons. The van der Waals surface area contributed by atoms with Crippen LogP contribution in [0, 0.1) is 0 Å². The predicted octanol–water partition coefficient (Wildman–Crippen LogP) is 19.4. The first-order valence-corrected chi connectivity index (χ1v) is 42.1. The Labute approximate surface area is 635 Å². The molecule has 4 amide bonds. The average molecular weight is 1460 g/mol. The van der Waals surface area contributed by atoms with Crippen LogP contribution in [0.4, 0.5) is 9.59 Å². The maximum absolute atomic E-state index is 17.2. The molecule has 106 heavy (non-hydrogen) atoms. The quantitative estimate of drug-likeness (QED) is 0.0298. The third-order valence-electron chi connectivity index (χ3n) is 24.4. The number of unbranched alkanes of at least 4 members (excludes halogenated alkanes) is 26. The summed E-state index contributed by atoms with van der Waals surface area (Å²) in [4.78, 5) is 42.3. The summed E-state index contributed by atoms with van der Waals surface area (Å²) >= 11 is 0. The fourth-order valence-corrected chi connectivity index (χ4v) is 18.3. The van der Waals surface area contributed by atoms with Crippen molar-refractivity contribution >= 4 is 33.6 Å². The van der Waals surface area contributed by atoms with E-state index in [1.165, 1.54) is 167 Å². The molecule has 0 spiro atoms. The molecule has 6 aliphatic heterocycles. The number of hydrogen-bond donors (Lipinski definition) is 0. The second kappa shape index (κ2) is 39.6. The molecule has 16 nitrogen and oxygen atoms in total. The summed E-state index contributed by atoms with van der Waals surface area (Å²) in [6.07, 6.45) is 37.4. The average Bonchev–Trinajstić information content (AvgIpc) is 1.47. The zero-order chi connectivity index (χ0) is 73.3. The third-order valence-corrected chi connectivity index (χ3v) is 24.4. The lowest BCUT2D eigenvalue weighted by Gasteiger charge is -2.51. The maximum atomic E-state index is 17.2. The number of rotatable bonds is 32. The normalized spacial score (nSPS) is 22.6. The van der Waals surface area contributed by atoms with Gasteiger partial charge in [-0.1, -0.05) is 253 Å². The molecule has 0 saturated carbocycles. The number of likely N-dealkylation sites (N-methyl/N-ethyl adjacent to an activating group) is 2. The number of hydrogen-bond acceptors (Lipinski definition) is 10. The van der Waals surface area contributed by atoms with Gasteiger partial charge >= 0.3 is 12.1 Å². The summed E-state index contributed by atoms with van der Waals surface area (Å²) in [6, 6.07) is 36.8. The molecule has 16 heteroatoms. The summed E-state index contributed by atoms with van der Waals surface area (Å²) < 4.78 is 56.3. The van der Waals surface area contributed by atoms with E-state index in [4.69, 9.17) is 37.9 Å². The Kier molecular flexibility index (Phi) is 29.5. The van der Waals surface area contributed by atoms with Crippen molar-refractivity contribution in [1.29, 1.82) is 0 Å². The van der Waals surface area contributed by atoms with Gasteiger partial charge in [0.2, 0.25) is 0 Å². The number of ether oxygens (including phenoxy) is 8. The van der Waals surface area contributed by atoms with Crippen molar-refractivity contribution in [1.82, 2.24) is 19.6 Å². The first-order chi connectivity index (χ1) is 52.1. The topological polar surface area (TPSA) is 121 Å². The molecule has 6 aromatic rings. The molecular formula is C90H130N6O10+2. The molecule has 0 atom stereocenters. The van der Waals surface area contributed by atoms with Gasteiger partial charge in [0.25, 0.3) is 0 Å². The van der Waals surface area contributed by atoms with E-state index in [1.807, 2.05) is 56.0 Å². The second-order valence-corrected chi connectivity index (χ2v) is 32.0. The van der Waals surface area contributed by atoms with Crippen LogP contribution in [-0.4, -0.2) is 173 Å². The van der Waals surface area contributed by atoms with E-state index < -0.39 is 11.3 Å². The van der Waals surface area contributed by atoms with Crippen LogP contribution in [0.2, 0.25) is 0 Å². The van der Waals surface area contributed by atoms with E-state index in [1.54, 1.807) is 0 Å². The molecule has 6 aromatic carbocycles. The van der Waals surface area contributed by atoms with E-state index in [2.05, 4.69) is 101 Å². The monoisotopic (exact) mass is 1450 g/mol. The van der Waals surface area contributed by atoms with Crippen LogP contribution in [0.15, 0.2) is 109 Å². The van der Waals surface area contributed by atoms with Gasteiger partial charge in [-0.15, -0.1) is 0 Å². The van der Waals surface area contributed by atoms with Crippen LogP contribution in [0.25, 0.3) is 21.5 Å². The van der Waals surface area contributed by atoms with Crippen LogP contribution in [0.1, 0.15) is 227 Å². The second-order valence-electron chi connectivity index (χ2n) is 32.0. The molecule has 0 unspecified atom stereocenters. The minimum absolute atomic E-state index is 0.0845. The van der Waals surface area contributed by atoms with E-state index in [-0.39, 0.29) is 38.2 Å². The molecule has 578 valence electrons. The summed E-state index contributed by atoms with van der Waals surface area (Å²) in [7, 11) is 4.73. The Morgan fingerprint density at radius 2 is 0.547 bits per heavy atom.